The second kappa shape index (κ2) is 7.68. The molecule has 3 rings (SSSR count). The number of nitrogens with zero attached hydrogens (tertiary/aromatic N) is 3. The minimum atomic E-state index is -0.442. The molecule has 2 aliphatic rings. The maximum atomic E-state index is 12.8. The Labute approximate surface area is 159 Å². The number of hydrogen-bond acceptors (Lipinski definition) is 6. The molecule has 0 radical (unpaired) electrons. The van der Waals surface area contributed by atoms with E-state index in [0.717, 1.165) is 24.1 Å². The number of nitrogens with two attached hydrogens (primary N) is 1. The lowest BCUT2D eigenvalue weighted by Crippen LogP contribution is -2.45. The van der Waals surface area contributed by atoms with Gasteiger partial charge in [0.25, 0.3) is 0 Å². The van der Waals surface area contributed by atoms with Crippen molar-refractivity contribution < 1.29 is 9.53 Å². The number of nitriles is 1. The minimum Gasteiger partial charge on any atom is -0.490 e. The van der Waals surface area contributed by atoms with Crippen molar-refractivity contribution in [1.82, 2.24) is 10.0 Å². The van der Waals surface area contributed by atoms with E-state index < -0.39 is 5.92 Å². The second-order valence-corrected chi connectivity index (χ2v) is 6.81. The number of hydrazine groups is 1. The third kappa shape index (κ3) is 3.34. The fourth-order valence-electron chi connectivity index (χ4n) is 3.77. The molecule has 1 aromatic rings. The van der Waals surface area contributed by atoms with Crippen LogP contribution in [-0.2, 0) is 4.79 Å². The Morgan fingerprint density at radius 3 is 2.67 bits per heavy atom. The monoisotopic (exact) mass is 364 g/mol. The van der Waals surface area contributed by atoms with Crippen LogP contribution in [0, 0.1) is 11.3 Å². The van der Waals surface area contributed by atoms with E-state index in [9.17, 15) is 10.1 Å². The number of hydrogen-bond donors (Lipinski definition) is 1. The van der Waals surface area contributed by atoms with Crippen molar-refractivity contribution in [3.8, 4) is 11.8 Å². The van der Waals surface area contributed by atoms with E-state index in [4.69, 9.17) is 10.5 Å². The Balaban J connectivity index is 2.11. The number of rotatable bonds is 5. The standard InChI is InChI=1S/C21H24N4O2/c1-4-12-27-15-10-8-14(9-11-15)19-16(13-22)21(23)25(24(2)3)17-6-5-7-18(26)20(17)19/h4,8-11,19H,1,5-7,12,23H2,2-3H3. The molecule has 6 nitrogen and oxygen atoms in total. The molecule has 0 bridgehead atoms. The van der Waals surface area contributed by atoms with E-state index in [2.05, 4.69) is 12.6 Å². The van der Waals surface area contributed by atoms with Gasteiger partial charge in [0, 0.05) is 31.8 Å². The number of benzene rings is 1. The molecule has 1 atom stereocenters. The van der Waals surface area contributed by atoms with Gasteiger partial charge in [-0.1, -0.05) is 24.8 Å². The van der Waals surface area contributed by atoms with Gasteiger partial charge in [0.1, 0.15) is 18.2 Å². The third-order valence-corrected chi connectivity index (χ3v) is 4.87. The lowest BCUT2D eigenvalue weighted by molar-refractivity contribution is -0.116. The molecule has 2 N–H and O–H groups in total. The topological polar surface area (TPSA) is 82.6 Å². The zero-order valence-electron chi connectivity index (χ0n) is 15.7. The van der Waals surface area contributed by atoms with Crippen LogP contribution in [0.2, 0.25) is 0 Å². The van der Waals surface area contributed by atoms with Gasteiger partial charge in [-0.15, -0.1) is 0 Å². The molecule has 1 heterocycles. The number of Topliss-reactive ketones (excluding diaryl/α,β-unsaturated/α-hetero) is 1. The van der Waals surface area contributed by atoms with Crippen molar-refractivity contribution in [2.45, 2.75) is 25.2 Å². The van der Waals surface area contributed by atoms with Gasteiger partial charge in [-0.05, 0) is 30.5 Å². The summed E-state index contributed by atoms with van der Waals surface area (Å²) in [6, 6.07) is 9.72. The molecule has 0 aromatic heterocycles. The summed E-state index contributed by atoms with van der Waals surface area (Å²) in [5.41, 5.74) is 9.21. The Morgan fingerprint density at radius 1 is 1.37 bits per heavy atom. The highest BCUT2D eigenvalue weighted by molar-refractivity contribution is 5.99. The predicted molar refractivity (Wildman–Crippen MR) is 103 cm³/mol. The molecule has 0 fully saturated rings. The van der Waals surface area contributed by atoms with Gasteiger partial charge in [-0.25, -0.2) is 5.01 Å². The number of carbonyl (C=O) groups is 1. The zero-order valence-corrected chi connectivity index (χ0v) is 15.7. The van der Waals surface area contributed by atoms with Crippen LogP contribution in [0.3, 0.4) is 0 Å². The molecule has 0 saturated carbocycles. The third-order valence-electron chi connectivity index (χ3n) is 4.87. The van der Waals surface area contributed by atoms with Gasteiger partial charge in [-0.2, -0.15) is 5.26 Å². The van der Waals surface area contributed by atoms with Crippen molar-refractivity contribution in [3.05, 3.63) is 65.1 Å². The van der Waals surface area contributed by atoms with Gasteiger partial charge < -0.3 is 10.5 Å². The smallest absolute Gasteiger partial charge is 0.161 e. The van der Waals surface area contributed by atoms with Crippen LogP contribution in [-0.4, -0.2) is 36.5 Å². The van der Waals surface area contributed by atoms with Gasteiger partial charge in [0.15, 0.2) is 5.78 Å². The molecule has 27 heavy (non-hydrogen) atoms. The maximum absolute atomic E-state index is 12.8. The van der Waals surface area contributed by atoms with E-state index in [1.165, 1.54) is 0 Å². The van der Waals surface area contributed by atoms with Gasteiger partial charge in [0.2, 0.25) is 0 Å². The van der Waals surface area contributed by atoms with Gasteiger partial charge >= 0.3 is 0 Å². The van der Waals surface area contributed by atoms with Crippen LogP contribution in [0.15, 0.2) is 59.6 Å². The van der Waals surface area contributed by atoms with E-state index >= 15 is 0 Å². The highest BCUT2D eigenvalue weighted by Gasteiger charge is 2.40. The first-order valence-corrected chi connectivity index (χ1v) is 8.96. The number of ketones is 1. The van der Waals surface area contributed by atoms with Crippen molar-refractivity contribution in [2.24, 2.45) is 5.73 Å². The molecule has 0 amide bonds. The first-order valence-electron chi connectivity index (χ1n) is 8.96. The Morgan fingerprint density at radius 2 is 2.07 bits per heavy atom. The molecule has 1 aromatic carbocycles. The molecule has 1 aliphatic carbocycles. The van der Waals surface area contributed by atoms with Crippen molar-refractivity contribution in [2.75, 3.05) is 20.7 Å². The second-order valence-electron chi connectivity index (χ2n) is 6.81. The van der Waals surface area contributed by atoms with E-state index in [1.807, 2.05) is 43.4 Å². The van der Waals surface area contributed by atoms with E-state index in [1.54, 1.807) is 11.1 Å². The summed E-state index contributed by atoms with van der Waals surface area (Å²) in [5.74, 6) is 0.736. The molecule has 140 valence electrons. The molecule has 1 unspecified atom stereocenters. The average molecular weight is 364 g/mol. The van der Waals surface area contributed by atoms with E-state index in [0.29, 0.717) is 35.7 Å². The summed E-state index contributed by atoms with van der Waals surface area (Å²) in [7, 11) is 3.72. The van der Waals surface area contributed by atoms with Crippen molar-refractivity contribution in [3.63, 3.8) is 0 Å². The summed E-state index contributed by atoms with van der Waals surface area (Å²) < 4.78 is 5.53. The van der Waals surface area contributed by atoms with Crippen LogP contribution in [0.4, 0.5) is 0 Å². The highest BCUT2D eigenvalue weighted by Crippen LogP contribution is 2.45. The summed E-state index contributed by atoms with van der Waals surface area (Å²) in [4.78, 5) is 12.8. The quantitative estimate of drug-likeness (QED) is 0.809. The van der Waals surface area contributed by atoms with Crippen molar-refractivity contribution >= 4 is 5.78 Å². The summed E-state index contributed by atoms with van der Waals surface area (Å²) in [6.07, 6.45) is 3.73. The first kappa shape index (κ1) is 18.7. The molecular weight excluding hydrogens is 340 g/mol. The van der Waals surface area contributed by atoms with Crippen molar-refractivity contribution in [1.29, 1.82) is 5.26 Å². The first-order chi connectivity index (χ1) is 13.0. The van der Waals surface area contributed by atoms with Crippen LogP contribution in [0.5, 0.6) is 5.75 Å². The van der Waals surface area contributed by atoms with E-state index in [-0.39, 0.29) is 5.78 Å². The number of carbonyl (C=O) groups excluding carboxylic acids is 1. The molecule has 6 heteroatoms. The fourth-order valence-corrected chi connectivity index (χ4v) is 3.77. The van der Waals surface area contributed by atoms with Crippen LogP contribution in [0.25, 0.3) is 0 Å². The Bertz CT molecular complexity index is 859. The van der Waals surface area contributed by atoms with Gasteiger partial charge in [0.05, 0.1) is 17.6 Å². The molecule has 1 aliphatic heterocycles. The summed E-state index contributed by atoms with van der Waals surface area (Å²) in [6.45, 7) is 4.06. The Kier molecular flexibility index (Phi) is 5.33. The SMILES string of the molecule is C=CCOc1ccc(C2C(C#N)=C(N)N(N(C)C)C3=C2C(=O)CCC3)cc1. The molecule has 0 saturated heterocycles. The lowest BCUT2D eigenvalue weighted by atomic mass is 9.76. The number of allylic oxidation sites excluding steroid dienone is 3. The van der Waals surface area contributed by atoms with Gasteiger partial charge in [-0.3, -0.25) is 9.80 Å². The zero-order chi connectivity index (χ0) is 19.6. The lowest BCUT2D eigenvalue weighted by Gasteiger charge is -2.42. The van der Waals surface area contributed by atoms with Crippen LogP contribution < -0.4 is 10.5 Å². The van der Waals surface area contributed by atoms with Crippen LogP contribution in [0.1, 0.15) is 30.7 Å². The Hall–Kier alpha value is -3.04. The molecule has 0 spiro atoms. The molecular formula is C21H24N4O2. The largest absolute Gasteiger partial charge is 0.490 e. The summed E-state index contributed by atoms with van der Waals surface area (Å²) >= 11 is 0. The predicted octanol–water partition coefficient (Wildman–Crippen LogP) is 2.83. The minimum absolute atomic E-state index is 0.0836. The highest BCUT2D eigenvalue weighted by atomic mass is 16.5. The average Bonchev–Trinajstić information content (AvgIpc) is 2.65. The maximum Gasteiger partial charge on any atom is 0.161 e. The number of ether oxygens (including phenoxy) is 1. The normalized spacial score (nSPS) is 19.9. The summed E-state index contributed by atoms with van der Waals surface area (Å²) in [5, 5.41) is 13.5. The fraction of sp³-hybridized carbons (Fsp3) is 0.333. The van der Waals surface area contributed by atoms with Crippen LogP contribution >= 0.6 is 0 Å².